The summed E-state index contributed by atoms with van der Waals surface area (Å²) in [4.78, 5) is 12.2. The lowest BCUT2D eigenvalue weighted by molar-refractivity contribution is -0.127. The van der Waals surface area contributed by atoms with Crippen LogP contribution in [-0.2, 0) is 14.8 Å². The number of nitrogens with one attached hydrogen (secondary N) is 1. The molecule has 29 heavy (non-hydrogen) atoms. The molecule has 0 saturated carbocycles. The summed E-state index contributed by atoms with van der Waals surface area (Å²) >= 11 is 0. The Morgan fingerprint density at radius 2 is 1.66 bits per heavy atom. The van der Waals surface area contributed by atoms with Gasteiger partial charge in [0.25, 0.3) is 5.91 Å². The third kappa shape index (κ3) is 6.98. The summed E-state index contributed by atoms with van der Waals surface area (Å²) < 4.78 is 35.6. The molecule has 0 aliphatic rings. The first-order chi connectivity index (χ1) is 13.6. The molecule has 0 aromatic heterocycles. The summed E-state index contributed by atoms with van der Waals surface area (Å²) in [6.07, 6.45) is 0.433. The summed E-state index contributed by atoms with van der Waals surface area (Å²) in [5.41, 5.74) is 2.76. The second kappa shape index (κ2) is 9.65. The van der Waals surface area contributed by atoms with Gasteiger partial charge in [0.05, 0.1) is 18.5 Å². The fourth-order valence-corrected chi connectivity index (χ4v) is 3.19. The Morgan fingerprint density at radius 3 is 2.21 bits per heavy atom. The van der Waals surface area contributed by atoms with Crippen LogP contribution in [0.5, 0.6) is 11.5 Å². The molecule has 1 atom stereocenters. The third-order valence-corrected chi connectivity index (χ3v) is 5.45. The molecule has 0 aliphatic heterocycles. The molecule has 0 fully saturated rings. The van der Waals surface area contributed by atoms with Crippen molar-refractivity contribution >= 4 is 21.6 Å². The highest BCUT2D eigenvalue weighted by atomic mass is 32.2. The van der Waals surface area contributed by atoms with E-state index < -0.39 is 16.1 Å². The van der Waals surface area contributed by atoms with Gasteiger partial charge in [0.1, 0.15) is 18.1 Å². The van der Waals surface area contributed by atoms with Gasteiger partial charge < -0.3 is 14.8 Å². The van der Waals surface area contributed by atoms with Crippen molar-refractivity contribution in [2.24, 2.45) is 0 Å². The van der Waals surface area contributed by atoms with Crippen LogP contribution in [0.3, 0.4) is 0 Å². The molecule has 0 bridgehead atoms. The van der Waals surface area contributed by atoms with Crippen molar-refractivity contribution in [3.8, 4) is 11.5 Å². The number of ether oxygens (including phenoxy) is 2. The SMILES string of the molecule is Cc1cc(C)cc(OCCNC(=O)C(C)Oc2ccc(N(C)S(C)(=O)=O)cc2)c1. The van der Waals surface area contributed by atoms with E-state index in [1.54, 1.807) is 31.2 Å². The predicted molar refractivity (Wildman–Crippen MR) is 114 cm³/mol. The van der Waals surface area contributed by atoms with Gasteiger partial charge in [-0.05, 0) is 68.3 Å². The number of hydrogen-bond acceptors (Lipinski definition) is 5. The van der Waals surface area contributed by atoms with Crippen LogP contribution in [0.15, 0.2) is 42.5 Å². The molecule has 1 amide bonds. The van der Waals surface area contributed by atoms with E-state index >= 15 is 0 Å². The van der Waals surface area contributed by atoms with Crippen LogP contribution in [0.2, 0.25) is 0 Å². The molecule has 0 heterocycles. The van der Waals surface area contributed by atoms with Gasteiger partial charge >= 0.3 is 0 Å². The Kier molecular flexibility index (Phi) is 7.50. The average Bonchev–Trinajstić information content (AvgIpc) is 2.63. The Morgan fingerprint density at radius 1 is 1.07 bits per heavy atom. The third-order valence-electron chi connectivity index (χ3n) is 4.25. The topological polar surface area (TPSA) is 84.9 Å². The Labute approximate surface area is 172 Å². The quantitative estimate of drug-likeness (QED) is 0.631. The van der Waals surface area contributed by atoms with E-state index in [0.717, 1.165) is 23.1 Å². The van der Waals surface area contributed by atoms with Crippen LogP contribution in [-0.4, -0.2) is 46.9 Å². The number of carbonyl (C=O) groups is 1. The van der Waals surface area contributed by atoms with Gasteiger partial charge in [-0.25, -0.2) is 8.42 Å². The molecular weight excluding hydrogens is 392 g/mol. The fraction of sp³-hybridized carbons (Fsp3) is 0.381. The second-order valence-corrected chi connectivity index (χ2v) is 8.96. The lowest BCUT2D eigenvalue weighted by Gasteiger charge is -2.18. The highest BCUT2D eigenvalue weighted by Gasteiger charge is 2.15. The molecule has 1 unspecified atom stereocenters. The normalized spacial score (nSPS) is 12.2. The van der Waals surface area contributed by atoms with Crippen LogP contribution in [0.1, 0.15) is 18.1 Å². The van der Waals surface area contributed by atoms with E-state index in [4.69, 9.17) is 9.47 Å². The number of sulfonamides is 1. The maximum absolute atomic E-state index is 12.2. The Balaban J connectivity index is 1.80. The first kappa shape index (κ1) is 22.5. The molecule has 2 aromatic rings. The fourth-order valence-electron chi connectivity index (χ4n) is 2.69. The minimum atomic E-state index is -3.33. The van der Waals surface area contributed by atoms with Crippen molar-refractivity contribution in [3.63, 3.8) is 0 Å². The van der Waals surface area contributed by atoms with E-state index in [9.17, 15) is 13.2 Å². The number of benzene rings is 2. The molecule has 0 aliphatic carbocycles. The molecule has 8 heteroatoms. The molecule has 1 N–H and O–H groups in total. The number of anilines is 1. The van der Waals surface area contributed by atoms with Crippen molar-refractivity contribution < 1.29 is 22.7 Å². The van der Waals surface area contributed by atoms with Crippen LogP contribution in [0.25, 0.3) is 0 Å². The maximum atomic E-state index is 12.2. The van der Waals surface area contributed by atoms with Crippen LogP contribution < -0.4 is 19.1 Å². The number of carbonyl (C=O) groups excluding carboxylic acids is 1. The van der Waals surface area contributed by atoms with E-state index in [2.05, 4.69) is 11.4 Å². The van der Waals surface area contributed by atoms with E-state index in [-0.39, 0.29) is 5.91 Å². The number of amides is 1. The number of aryl methyl sites for hydroxylation is 2. The monoisotopic (exact) mass is 420 g/mol. The maximum Gasteiger partial charge on any atom is 0.260 e. The summed E-state index contributed by atoms with van der Waals surface area (Å²) in [6.45, 7) is 6.38. The predicted octanol–water partition coefficient (Wildman–Crippen LogP) is 2.66. The number of hydrogen-bond donors (Lipinski definition) is 1. The largest absolute Gasteiger partial charge is 0.492 e. The van der Waals surface area contributed by atoms with Crippen LogP contribution >= 0.6 is 0 Å². The van der Waals surface area contributed by atoms with E-state index in [1.165, 1.54) is 11.4 Å². The molecule has 2 rings (SSSR count). The molecule has 0 radical (unpaired) electrons. The highest BCUT2D eigenvalue weighted by Crippen LogP contribution is 2.21. The zero-order valence-electron chi connectivity index (χ0n) is 17.4. The summed E-state index contributed by atoms with van der Waals surface area (Å²) in [6, 6.07) is 12.5. The van der Waals surface area contributed by atoms with Crippen LogP contribution in [0, 0.1) is 13.8 Å². The Bertz CT molecular complexity index is 922. The van der Waals surface area contributed by atoms with Gasteiger partial charge in [0, 0.05) is 7.05 Å². The first-order valence-electron chi connectivity index (χ1n) is 9.25. The van der Waals surface area contributed by atoms with Crippen molar-refractivity contribution in [2.45, 2.75) is 26.9 Å². The molecule has 7 nitrogen and oxygen atoms in total. The standard InChI is InChI=1S/C21H28N2O5S/c1-15-12-16(2)14-20(13-15)27-11-10-22-21(24)17(3)28-19-8-6-18(7-9-19)23(4)29(5,25)26/h6-9,12-14,17H,10-11H2,1-5H3,(H,22,24). The van der Waals surface area contributed by atoms with Gasteiger partial charge in [-0.2, -0.15) is 0 Å². The molecular formula is C21H28N2O5S. The molecule has 2 aromatic carbocycles. The van der Waals surface area contributed by atoms with E-state index in [1.807, 2.05) is 26.0 Å². The minimum absolute atomic E-state index is 0.258. The highest BCUT2D eigenvalue weighted by molar-refractivity contribution is 7.92. The van der Waals surface area contributed by atoms with Crippen LogP contribution in [0.4, 0.5) is 5.69 Å². The molecule has 0 saturated heterocycles. The smallest absolute Gasteiger partial charge is 0.260 e. The molecule has 0 spiro atoms. The second-order valence-electron chi connectivity index (χ2n) is 6.95. The van der Waals surface area contributed by atoms with Gasteiger partial charge in [-0.1, -0.05) is 6.07 Å². The summed E-state index contributed by atoms with van der Waals surface area (Å²) in [7, 11) is -1.85. The lowest BCUT2D eigenvalue weighted by atomic mass is 10.1. The summed E-state index contributed by atoms with van der Waals surface area (Å²) in [5.74, 6) is 0.997. The number of rotatable bonds is 9. The summed E-state index contributed by atoms with van der Waals surface area (Å²) in [5, 5.41) is 2.78. The first-order valence-corrected chi connectivity index (χ1v) is 11.1. The zero-order chi connectivity index (χ0) is 21.6. The number of nitrogens with zero attached hydrogens (tertiary/aromatic N) is 1. The Hall–Kier alpha value is -2.74. The average molecular weight is 421 g/mol. The van der Waals surface area contributed by atoms with Crippen molar-refractivity contribution in [2.75, 3.05) is 30.8 Å². The van der Waals surface area contributed by atoms with Gasteiger partial charge in [-0.3, -0.25) is 9.10 Å². The van der Waals surface area contributed by atoms with Crippen molar-refractivity contribution in [1.29, 1.82) is 0 Å². The van der Waals surface area contributed by atoms with Gasteiger partial charge in [0.2, 0.25) is 10.0 Å². The lowest BCUT2D eigenvalue weighted by Crippen LogP contribution is -2.38. The molecule has 158 valence electrons. The van der Waals surface area contributed by atoms with Crippen molar-refractivity contribution in [1.82, 2.24) is 5.32 Å². The van der Waals surface area contributed by atoms with E-state index in [0.29, 0.717) is 24.6 Å². The van der Waals surface area contributed by atoms with Crippen molar-refractivity contribution in [3.05, 3.63) is 53.6 Å². The zero-order valence-corrected chi connectivity index (χ0v) is 18.2. The van der Waals surface area contributed by atoms with Gasteiger partial charge in [-0.15, -0.1) is 0 Å². The minimum Gasteiger partial charge on any atom is -0.492 e. The van der Waals surface area contributed by atoms with Gasteiger partial charge in [0.15, 0.2) is 6.10 Å².